The fraction of sp³-hybridized carbons (Fsp3) is 0.750. The predicted molar refractivity (Wildman–Crippen MR) is 61.5 cm³/mol. The van der Waals surface area contributed by atoms with Crippen LogP contribution in [0.2, 0.25) is 0 Å². The predicted octanol–water partition coefficient (Wildman–Crippen LogP) is 2.59. The van der Waals surface area contributed by atoms with Gasteiger partial charge in [-0.25, -0.2) is 4.98 Å². The lowest BCUT2D eigenvalue weighted by molar-refractivity contribution is 0.259. The molecule has 1 aromatic heterocycles. The Morgan fingerprint density at radius 3 is 2.87 bits per heavy atom. The lowest BCUT2D eigenvalue weighted by Gasteiger charge is -2.16. The van der Waals surface area contributed by atoms with Gasteiger partial charge in [0.05, 0.1) is 0 Å². The second kappa shape index (κ2) is 6.62. The van der Waals surface area contributed by atoms with Gasteiger partial charge in [0.2, 0.25) is 0 Å². The number of unbranched alkanes of at least 4 members (excludes halogenated alkanes) is 1. The van der Waals surface area contributed by atoms with Crippen molar-refractivity contribution in [3.63, 3.8) is 0 Å². The van der Waals surface area contributed by atoms with Gasteiger partial charge in [-0.05, 0) is 12.3 Å². The van der Waals surface area contributed by atoms with Crippen molar-refractivity contribution in [2.45, 2.75) is 52.7 Å². The maximum Gasteiger partial charge on any atom is 0.134 e. The monoisotopic (exact) mass is 210 g/mol. The highest BCUT2D eigenvalue weighted by Crippen LogP contribution is 2.15. The Morgan fingerprint density at radius 1 is 1.47 bits per heavy atom. The number of aliphatic hydroxyl groups is 1. The molecule has 0 aliphatic heterocycles. The van der Waals surface area contributed by atoms with Crippen LogP contribution in [0, 0.1) is 5.92 Å². The van der Waals surface area contributed by atoms with Gasteiger partial charge in [0.25, 0.3) is 0 Å². The fourth-order valence-corrected chi connectivity index (χ4v) is 1.85. The molecule has 3 nitrogen and oxygen atoms in total. The zero-order valence-corrected chi connectivity index (χ0v) is 9.82. The Labute approximate surface area is 92.1 Å². The summed E-state index contributed by atoms with van der Waals surface area (Å²) in [6, 6.07) is 0. The summed E-state index contributed by atoms with van der Waals surface area (Å²) in [5.74, 6) is 1.49. The van der Waals surface area contributed by atoms with E-state index in [0.29, 0.717) is 5.92 Å². The molecule has 0 fully saturated rings. The molecule has 1 aromatic rings. The van der Waals surface area contributed by atoms with E-state index in [1.807, 2.05) is 6.20 Å². The van der Waals surface area contributed by atoms with Gasteiger partial charge in [-0.3, -0.25) is 0 Å². The number of hydrogen-bond donors (Lipinski definition) is 1. The summed E-state index contributed by atoms with van der Waals surface area (Å²) in [6.07, 6.45) is 8.74. The lowest BCUT2D eigenvalue weighted by atomic mass is 9.99. The molecule has 1 rings (SSSR count). The Morgan fingerprint density at radius 2 is 2.27 bits per heavy atom. The van der Waals surface area contributed by atoms with Gasteiger partial charge in [0, 0.05) is 18.9 Å². The second-order valence-corrected chi connectivity index (χ2v) is 4.07. The van der Waals surface area contributed by atoms with Crippen molar-refractivity contribution in [2.24, 2.45) is 5.92 Å². The van der Waals surface area contributed by atoms with E-state index in [0.717, 1.165) is 12.4 Å². The minimum absolute atomic E-state index is 0.0389. The van der Waals surface area contributed by atoms with Crippen molar-refractivity contribution in [3.05, 3.63) is 18.2 Å². The van der Waals surface area contributed by atoms with Crippen molar-refractivity contribution in [3.8, 4) is 0 Å². The number of aromatic nitrogens is 2. The van der Waals surface area contributed by atoms with Crippen molar-refractivity contribution < 1.29 is 5.11 Å². The molecule has 15 heavy (non-hydrogen) atoms. The minimum Gasteiger partial charge on any atom is -0.388 e. The summed E-state index contributed by atoms with van der Waals surface area (Å²) >= 11 is 0. The minimum atomic E-state index is 0.0389. The second-order valence-electron chi connectivity index (χ2n) is 4.07. The van der Waals surface area contributed by atoms with Crippen molar-refractivity contribution in [1.29, 1.82) is 0 Å². The topological polar surface area (TPSA) is 38.0 Å². The van der Waals surface area contributed by atoms with E-state index in [1.54, 1.807) is 6.20 Å². The average Bonchev–Trinajstić information content (AvgIpc) is 2.71. The zero-order valence-electron chi connectivity index (χ0n) is 9.82. The first-order chi connectivity index (χ1) is 7.31. The highest BCUT2D eigenvalue weighted by Gasteiger charge is 2.09. The molecule has 1 heterocycles. The highest BCUT2D eigenvalue weighted by atomic mass is 16.3. The average molecular weight is 210 g/mol. The third-order valence-electron chi connectivity index (χ3n) is 2.94. The standard InChI is InChI=1S/C12H22N2O/c1-3-5-6-11(4-2)9-14-8-7-13-12(14)10-15/h7-8,11,15H,3-6,9-10H2,1-2H3. The quantitative estimate of drug-likeness (QED) is 0.751. The van der Waals surface area contributed by atoms with Crippen LogP contribution in [0.4, 0.5) is 0 Å². The van der Waals surface area contributed by atoms with Crippen LogP contribution in [0.3, 0.4) is 0 Å². The van der Waals surface area contributed by atoms with E-state index in [2.05, 4.69) is 23.4 Å². The number of nitrogens with zero attached hydrogens (tertiary/aromatic N) is 2. The normalized spacial score (nSPS) is 13.0. The first kappa shape index (κ1) is 12.2. The number of hydrogen-bond acceptors (Lipinski definition) is 2. The van der Waals surface area contributed by atoms with Crippen LogP contribution in [-0.2, 0) is 13.2 Å². The molecule has 1 atom stereocenters. The molecule has 0 saturated carbocycles. The van der Waals surface area contributed by atoms with E-state index in [1.165, 1.54) is 25.7 Å². The van der Waals surface area contributed by atoms with Gasteiger partial charge in [0.1, 0.15) is 12.4 Å². The molecule has 0 aliphatic rings. The Balaban J connectivity index is 2.50. The first-order valence-corrected chi connectivity index (χ1v) is 5.92. The Hall–Kier alpha value is -0.830. The summed E-state index contributed by atoms with van der Waals surface area (Å²) in [4.78, 5) is 4.12. The molecule has 0 bridgehead atoms. The molecule has 3 heteroatoms. The molecular formula is C12H22N2O. The molecule has 0 spiro atoms. The van der Waals surface area contributed by atoms with Crippen LogP contribution >= 0.6 is 0 Å². The van der Waals surface area contributed by atoms with Crippen molar-refractivity contribution >= 4 is 0 Å². The molecule has 0 aromatic carbocycles. The van der Waals surface area contributed by atoms with Gasteiger partial charge in [-0.1, -0.05) is 33.1 Å². The summed E-state index contributed by atoms with van der Waals surface area (Å²) < 4.78 is 2.07. The molecule has 86 valence electrons. The van der Waals surface area contributed by atoms with Crippen LogP contribution in [0.25, 0.3) is 0 Å². The molecule has 0 radical (unpaired) electrons. The van der Waals surface area contributed by atoms with Crippen LogP contribution < -0.4 is 0 Å². The SMILES string of the molecule is CCCCC(CC)Cn1ccnc1CO. The van der Waals surface area contributed by atoms with E-state index in [4.69, 9.17) is 5.11 Å². The molecular weight excluding hydrogens is 188 g/mol. The van der Waals surface area contributed by atoms with Gasteiger partial charge >= 0.3 is 0 Å². The van der Waals surface area contributed by atoms with Crippen molar-refractivity contribution in [2.75, 3.05) is 0 Å². The fourth-order valence-electron chi connectivity index (χ4n) is 1.85. The summed E-state index contributed by atoms with van der Waals surface area (Å²) in [7, 11) is 0. The van der Waals surface area contributed by atoms with E-state index >= 15 is 0 Å². The number of aliphatic hydroxyl groups excluding tert-OH is 1. The smallest absolute Gasteiger partial charge is 0.134 e. The third-order valence-corrected chi connectivity index (χ3v) is 2.94. The van der Waals surface area contributed by atoms with E-state index in [9.17, 15) is 0 Å². The van der Waals surface area contributed by atoms with Crippen LogP contribution in [-0.4, -0.2) is 14.7 Å². The van der Waals surface area contributed by atoms with E-state index in [-0.39, 0.29) is 6.61 Å². The molecule has 0 aliphatic carbocycles. The summed E-state index contributed by atoms with van der Waals surface area (Å²) in [5, 5.41) is 9.09. The molecule has 1 N–H and O–H groups in total. The Kier molecular flexibility index (Phi) is 5.40. The highest BCUT2D eigenvalue weighted by molar-refractivity contribution is 4.90. The van der Waals surface area contributed by atoms with E-state index < -0.39 is 0 Å². The molecule has 0 saturated heterocycles. The van der Waals surface area contributed by atoms with Gasteiger partial charge < -0.3 is 9.67 Å². The van der Waals surface area contributed by atoms with Crippen molar-refractivity contribution in [1.82, 2.24) is 9.55 Å². The van der Waals surface area contributed by atoms with Crippen LogP contribution in [0.5, 0.6) is 0 Å². The summed E-state index contributed by atoms with van der Waals surface area (Å²) in [5.41, 5.74) is 0. The maximum atomic E-state index is 9.09. The largest absolute Gasteiger partial charge is 0.388 e. The van der Waals surface area contributed by atoms with Gasteiger partial charge in [0.15, 0.2) is 0 Å². The summed E-state index contributed by atoms with van der Waals surface area (Å²) in [6.45, 7) is 5.49. The molecule has 1 unspecified atom stereocenters. The first-order valence-electron chi connectivity index (χ1n) is 5.92. The van der Waals surface area contributed by atoms with Crippen LogP contribution in [0.1, 0.15) is 45.4 Å². The third kappa shape index (κ3) is 3.67. The van der Waals surface area contributed by atoms with Gasteiger partial charge in [-0.2, -0.15) is 0 Å². The Bertz CT molecular complexity index is 270. The van der Waals surface area contributed by atoms with Crippen LogP contribution in [0.15, 0.2) is 12.4 Å². The van der Waals surface area contributed by atoms with Gasteiger partial charge in [-0.15, -0.1) is 0 Å². The number of rotatable bonds is 7. The lowest BCUT2D eigenvalue weighted by Crippen LogP contribution is -2.12. The molecule has 0 amide bonds. The maximum absolute atomic E-state index is 9.09. The zero-order chi connectivity index (χ0) is 11.1. The number of imidazole rings is 1.